The molecule has 0 saturated carbocycles. The van der Waals surface area contributed by atoms with E-state index in [9.17, 15) is 13.2 Å². The van der Waals surface area contributed by atoms with Crippen LogP contribution in [0.5, 0.6) is 0 Å². The monoisotopic (exact) mass is 300 g/mol. The zero-order valence-electron chi connectivity index (χ0n) is 12.2. The summed E-state index contributed by atoms with van der Waals surface area (Å²) in [5.74, 6) is -2.90. The molecule has 0 fully saturated rings. The Kier molecular flexibility index (Phi) is 3.88. The van der Waals surface area contributed by atoms with Gasteiger partial charge in [0.15, 0.2) is 11.6 Å². The topological polar surface area (TPSA) is 0 Å². The third-order valence-electron chi connectivity index (χ3n) is 3.80. The molecule has 22 heavy (non-hydrogen) atoms. The maximum Gasteiger partial charge on any atom is 0.170 e. The van der Waals surface area contributed by atoms with E-state index in [1.54, 1.807) is 18.2 Å². The van der Waals surface area contributed by atoms with E-state index in [1.807, 2.05) is 12.1 Å². The van der Waals surface area contributed by atoms with Gasteiger partial charge in [0.05, 0.1) is 5.39 Å². The fourth-order valence-electron chi connectivity index (χ4n) is 2.69. The lowest BCUT2D eigenvalue weighted by atomic mass is 9.98. The Bertz CT molecular complexity index is 820. The van der Waals surface area contributed by atoms with Crippen LogP contribution >= 0.6 is 0 Å². The van der Waals surface area contributed by atoms with Crippen LogP contribution in [0.25, 0.3) is 21.9 Å². The number of aryl methyl sites for hydroxylation is 1. The van der Waals surface area contributed by atoms with Crippen molar-refractivity contribution in [3.8, 4) is 11.1 Å². The lowest BCUT2D eigenvalue weighted by Crippen LogP contribution is -1.94. The lowest BCUT2D eigenvalue weighted by molar-refractivity contribution is 0.514. The van der Waals surface area contributed by atoms with Crippen LogP contribution in [0.1, 0.15) is 18.9 Å². The van der Waals surface area contributed by atoms with E-state index in [-0.39, 0.29) is 10.9 Å². The fourth-order valence-corrected chi connectivity index (χ4v) is 2.69. The molecule has 0 saturated heterocycles. The van der Waals surface area contributed by atoms with Gasteiger partial charge in [-0.1, -0.05) is 49.7 Å². The average molecular weight is 300 g/mol. The highest BCUT2D eigenvalue weighted by atomic mass is 19.2. The Morgan fingerprint density at radius 2 is 1.59 bits per heavy atom. The van der Waals surface area contributed by atoms with Gasteiger partial charge in [0.2, 0.25) is 0 Å². The first-order chi connectivity index (χ1) is 10.6. The van der Waals surface area contributed by atoms with E-state index >= 15 is 0 Å². The van der Waals surface area contributed by atoms with Gasteiger partial charge in [-0.2, -0.15) is 0 Å². The highest BCUT2D eigenvalue weighted by Crippen LogP contribution is 2.32. The Morgan fingerprint density at radius 3 is 2.27 bits per heavy atom. The highest BCUT2D eigenvalue weighted by Gasteiger charge is 2.17. The second-order valence-corrected chi connectivity index (χ2v) is 5.34. The SMILES string of the molecule is CCCc1ccc(-c2cc3cccc(F)c3c(F)c2F)cc1. The molecule has 0 bridgehead atoms. The molecule has 0 aliphatic heterocycles. The molecule has 0 aliphatic rings. The number of benzene rings is 3. The number of hydrogen-bond acceptors (Lipinski definition) is 0. The molecule has 0 aromatic heterocycles. The van der Waals surface area contributed by atoms with E-state index in [1.165, 1.54) is 12.1 Å². The summed E-state index contributed by atoms with van der Waals surface area (Å²) in [5.41, 5.74) is 1.89. The van der Waals surface area contributed by atoms with Crippen molar-refractivity contribution in [1.82, 2.24) is 0 Å². The summed E-state index contributed by atoms with van der Waals surface area (Å²) in [4.78, 5) is 0. The largest absolute Gasteiger partial charge is 0.206 e. The zero-order valence-corrected chi connectivity index (χ0v) is 12.2. The van der Waals surface area contributed by atoms with E-state index < -0.39 is 17.5 Å². The second kappa shape index (κ2) is 5.84. The minimum Gasteiger partial charge on any atom is -0.206 e. The van der Waals surface area contributed by atoms with E-state index in [4.69, 9.17) is 0 Å². The van der Waals surface area contributed by atoms with E-state index in [2.05, 4.69) is 6.92 Å². The molecular formula is C19H15F3. The second-order valence-electron chi connectivity index (χ2n) is 5.34. The van der Waals surface area contributed by atoms with Crippen molar-refractivity contribution in [3.05, 3.63) is 71.5 Å². The molecule has 112 valence electrons. The molecule has 3 aromatic rings. The van der Waals surface area contributed by atoms with Gasteiger partial charge in [-0.25, -0.2) is 13.2 Å². The molecule has 0 spiro atoms. The molecule has 0 heterocycles. The first-order valence-electron chi connectivity index (χ1n) is 7.27. The Hall–Kier alpha value is -2.29. The third-order valence-corrected chi connectivity index (χ3v) is 3.80. The number of fused-ring (bicyclic) bond motifs is 1. The molecule has 0 amide bonds. The Labute approximate surface area is 127 Å². The first kappa shape index (κ1) is 14.6. The van der Waals surface area contributed by atoms with Gasteiger partial charge in [0.25, 0.3) is 0 Å². The predicted octanol–water partition coefficient (Wildman–Crippen LogP) is 5.88. The highest BCUT2D eigenvalue weighted by molar-refractivity contribution is 5.88. The summed E-state index contributed by atoms with van der Waals surface area (Å²) in [6, 6.07) is 13.1. The van der Waals surface area contributed by atoms with Gasteiger partial charge in [-0.3, -0.25) is 0 Å². The number of halogens is 3. The maximum atomic E-state index is 14.3. The quantitative estimate of drug-likeness (QED) is 0.567. The van der Waals surface area contributed by atoms with E-state index in [0.29, 0.717) is 10.9 Å². The van der Waals surface area contributed by atoms with Crippen LogP contribution in [0.3, 0.4) is 0 Å². The molecule has 0 atom stereocenters. The smallest absolute Gasteiger partial charge is 0.170 e. The minimum atomic E-state index is -1.14. The third kappa shape index (κ3) is 2.47. The minimum absolute atomic E-state index is 0.152. The number of hydrogen-bond donors (Lipinski definition) is 0. The average Bonchev–Trinajstić information content (AvgIpc) is 2.52. The Morgan fingerprint density at radius 1 is 0.864 bits per heavy atom. The van der Waals surface area contributed by atoms with Crippen molar-refractivity contribution in [2.75, 3.05) is 0 Å². The van der Waals surface area contributed by atoms with Gasteiger partial charge >= 0.3 is 0 Å². The van der Waals surface area contributed by atoms with Gasteiger partial charge in [0.1, 0.15) is 5.82 Å². The van der Waals surface area contributed by atoms with Gasteiger partial charge < -0.3 is 0 Å². The maximum absolute atomic E-state index is 14.3. The molecule has 0 nitrogen and oxygen atoms in total. The normalized spacial score (nSPS) is 11.1. The van der Waals surface area contributed by atoms with Crippen LogP contribution < -0.4 is 0 Å². The summed E-state index contributed by atoms with van der Waals surface area (Å²) >= 11 is 0. The van der Waals surface area contributed by atoms with Crippen molar-refractivity contribution >= 4 is 10.8 Å². The summed E-state index contributed by atoms with van der Waals surface area (Å²) in [6.07, 6.45) is 1.97. The standard InChI is InChI=1S/C19H15F3/c1-2-4-12-7-9-13(10-8-12)15-11-14-5-3-6-16(20)17(14)19(22)18(15)21/h3,5-11H,2,4H2,1H3. The van der Waals surface area contributed by atoms with Gasteiger partial charge in [0, 0.05) is 5.56 Å². The predicted molar refractivity (Wildman–Crippen MR) is 83.3 cm³/mol. The van der Waals surface area contributed by atoms with Crippen LogP contribution in [0.4, 0.5) is 13.2 Å². The van der Waals surface area contributed by atoms with Crippen molar-refractivity contribution in [3.63, 3.8) is 0 Å². The van der Waals surface area contributed by atoms with Gasteiger partial charge in [-0.15, -0.1) is 0 Å². The van der Waals surface area contributed by atoms with Crippen molar-refractivity contribution in [1.29, 1.82) is 0 Å². The molecule has 3 rings (SSSR count). The van der Waals surface area contributed by atoms with Crippen LogP contribution in [0.2, 0.25) is 0 Å². The molecule has 0 unspecified atom stereocenters. The molecule has 0 N–H and O–H groups in total. The summed E-state index contributed by atoms with van der Waals surface area (Å²) in [7, 11) is 0. The molecule has 3 aromatic carbocycles. The Balaban J connectivity index is 2.17. The first-order valence-corrected chi connectivity index (χ1v) is 7.27. The molecular weight excluding hydrogens is 285 g/mol. The molecule has 3 heteroatoms. The molecule has 0 aliphatic carbocycles. The number of rotatable bonds is 3. The van der Waals surface area contributed by atoms with Crippen LogP contribution in [-0.2, 0) is 6.42 Å². The van der Waals surface area contributed by atoms with Gasteiger partial charge in [-0.05, 0) is 35.1 Å². The summed E-state index contributed by atoms with van der Waals surface area (Å²) < 4.78 is 42.2. The zero-order chi connectivity index (χ0) is 15.7. The van der Waals surface area contributed by atoms with Crippen LogP contribution in [-0.4, -0.2) is 0 Å². The van der Waals surface area contributed by atoms with Crippen molar-refractivity contribution < 1.29 is 13.2 Å². The molecule has 0 radical (unpaired) electrons. The summed E-state index contributed by atoms with van der Waals surface area (Å²) in [5, 5.41) is 0.0536. The van der Waals surface area contributed by atoms with Crippen molar-refractivity contribution in [2.45, 2.75) is 19.8 Å². The van der Waals surface area contributed by atoms with E-state index in [0.717, 1.165) is 24.5 Å². The lowest BCUT2D eigenvalue weighted by Gasteiger charge is -2.09. The van der Waals surface area contributed by atoms with Crippen LogP contribution in [0, 0.1) is 17.5 Å². The van der Waals surface area contributed by atoms with Crippen LogP contribution in [0.15, 0.2) is 48.5 Å². The van der Waals surface area contributed by atoms with Crippen molar-refractivity contribution in [2.24, 2.45) is 0 Å². The fraction of sp³-hybridized carbons (Fsp3) is 0.158. The summed E-state index contributed by atoms with van der Waals surface area (Å²) in [6.45, 7) is 2.08.